The van der Waals surface area contributed by atoms with Crippen LogP contribution in [-0.4, -0.2) is 32.6 Å². The maximum Gasteiger partial charge on any atom is 0.336 e. The van der Waals surface area contributed by atoms with Gasteiger partial charge in [0, 0.05) is 29.3 Å². The molecule has 6 heteroatoms. The number of ketones is 1. The van der Waals surface area contributed by atoms with Crippen LogP contribution in [0.5, 0.6) is 11.5 Å². The summed E-state index contributed by atoms with van der Waals surface area (Å²) in [6, 6.07) is 5.60. The Morgan fingerprint density at radius 3 is 2.57 bits per heavy atom. The summed E-state index contributed by atoms with van der Waals surface area (Å²) in [6.07, 6.45) is 2.06. The number of rotatable bonds is 6. The fourth-order valence-electron chi connectivity index (χ4n) is 4.34. The Morgan fingerprint density at radius 1 is 1.20 bits per heavy atom. The minimum absolute atomic E-state index is 0.0536. The Bertz CT molecular complexity index is 926. The highest BCUT2D eigenvalue weighted by molar-refractivity contribution is 6.04. The molecule has 2 aliphatic rings. The summed E-state index contributed by atoms with van der Waals surface area (Å²) in [6.45, 7) is 8.64. The molecule has 0 saturated heterocycles. The summed E-state index contributed by atoms with van der Waals surface area (Å²) >= 11 is 0. The van der Waals surface area contributed by atoms with Crippen molar-refractivity contribution in [3.05, 3.63) is 46.3 Å². The van der Waals surface area contributed by atoms with Crippen molar-refractivity contribution < 1.29 is 23.8 Å². The topological polar surface area (TPSA) is 73.9 Å². The molecular weight excluding hydrogens is 382 g/mol. The number of carbonyl (C=O) groups is 2. The van der Waals surface area contributed by atoms with E-state index in [1.54, 1.807) is 7.11 Å². The van der Waals surface area contributed by atoms with E-state index in [-0.39, 0.29) is 11.2 Å². The molecule has 0 fully saturated rings. The van der Waals surface area contributed by atoms with Crippen LogP contribution in [0.1, 0.15) is 58.4 Å². The second-order valence-corrected chi connectivity index (χ2v) is 8.68. The first kappa shape index (κ1) is 21.9. The third kappa shape index (κ3) is 4.09. The van der Waals surface area contributed by atoms with Crippen molar-refractivity contribution in [2.75, 3.05) is 20.8 Å². The highest BCUT2D eigenvalue weighted by Crippen LogP contribution is 2.47. The molecule has 1 aliphatic heterocycles. The number of ether oxygens (including phenoxy) is 3. The molecule has 6 nitrogen and oxygen atoms in total. The smallest absolute Gasteiger partial charge is 0.336 e. The van der Waals surface area contributed by atoms with Gasteiger partial charge in [-0.25, -0.2) is 4.79 Å². The maximum atomic E-state index is 13.2. The molecule has 1 heterocycles. The number of esters is 1. The molecular formula is C24H31NO5. The van der Waals surface area contributed by atoms with Crippen LogP contribution in [0.15, 0.2) is 40.7 Å². The summed E-state index contributed by atoms with van der Waals surface area (Å²) in [5, 5.41) is 3.32. The van der Waals surface area contributed by atoms with Gasteiger partial charge in [0.1, 0.15) is 0 Å². The molecule has 1 N–H and O–H groups in total. The average Bonchev–Trinajstić information content (AvgIpc) is 2.69. The van der Waals surface area contributed by atoms with Crippen molar-refractivity contribution in [3.63, 3.8) is 0 Å². The zero-order chi connectivity index (χ0) is 22.1. The van der Waals surface area contributed by atoms with Crippen molar-refractivity contribution in [1.29, 1.82) is 0 Å². The van der Waals surface area contributed by atoms with E-state index in [2.05, 4.69) is 19.2 Å². The van der Waals surface area contributed by atoms with Crippen LogP contribution in [0.25, 0.3) is 0 Å². The largest absolute Gasteiger partial charge is 0.493 e. The first-order valence-electron chi connectivity index (χ1n) is 10.4. The van der Waals surface area contributed by atoms with Crippen molar-refractivity contribution in [1.82, 2.24) is 5.32 Å². The van der Waals surface area contributed by atoms with Gasteiger partial charge in [0.2, 0.25) is 0 Å². The lowest BCUT2D eigenvalue weighted by molar-refractivity contribution is -0.136. The van der Waals surface area contributed by atoms with Gasteiger partial charge in [-0.2, -0.15) is 0 Å². The summed E-state index contributed by atoms with van der Waals surface area (Å²) in [5.74, 6) is 0.318. The van der Waals surface area contributed by atoms with Gasteiger partial charge in [-0.1, -0.05) is 26.8 Å². The highest BCUT2D eigenvalue weighted by atomic mass is 16.5. The zero-order valence-corrected chi connectivity index (χ0v) is 18.7. The Balaban J connectivity index is 2.16. The SMILES string of the molecule is CCCOc1ccc([C@H]2C(C(=O)OC)=C(C)NC3=C2C(=O)CC(C)(C)C3)cc1OC. The minimum atomic E-state index is -0.508. The number of hydrogen-bond acceptors (Lipinski definition) is 6. The Kier molecular flexibility index (Phi) is 6.25. The van der Waals surface area contributed by atoms with E-state index in [1.807, 2.05) is 32.0 Å². The van der Waals surface area contributed by atoms with Crippen molar-refractivity contribution in [2.45, 2.75) is 52.9 Å². The van der Waals surface area contributed by atoms with Gasteiger partial charge < -0.3 is 19.5 Å². The number of nitrogens with one attached hydrogen (secondary N) is 1. The minimum Gasteiger partial charge on any atom is -0.493 e. The second-order valence-electron chi connectivity index (χ2n) is 8.68. The monoisotopic (exact) mass is 413 g/mol. The van der Waals surface area contributed by atoms with E-state index < -0.39 is 11.9 Å². The molecule has 1 aliphatic carbocycles. The lowest BCUT2D eigenvalue weighted by atomic mass is 9.68. The number of dihydropyridines is 1. The van der Waals surface area contributed by atoms with Gasteiger partial charge in [-0.05, 0) is 42.9 Å². The van der Waals surface area contributed by atoms with Crippen LogP contribution in [0, 0.1) is 5.41 Å². The number of benzene rings is 1. The van der Waals surface area contributed by atoms with Gasteiger partial charge in [0.05, 0.1) is 26.4 Å². The predicted octanol–water partition coefficient (Wildman–Crippen LogP) is 4.26. The summed E-state index contributed by atoms with van der Waals surface area (Å²) < 4.78 is 16.4. The molecule has 0 bridgehead atoms. The molecule has 0 aromatic heterocycles. The fourth-order valence-corrected chi connectivity index (χ4v) is 4.34. The predicted molar refractivity (Wildman–Crippen MR) is 114 cm³/mol. The molecule has 0 unspecified atom stereocenters. The normalized spacial score (nSPS) is 20.5. The van der Waals surface area contributed by atoms with Crippen molar-refractivity contribution in [2.24, 2.45) is 5.41 Å². The molecule has 30 heavy (non-hydrogen) atoms. The quantitative estimate of drug-likeness (QED) is 0.703. The first-order valence-corrected chi connectivity index (χ1v) is 10.4. The van der Waals surface area contributed by atoms with Crippen molar-refractivity contribution in [3.8, 4) is 11.5 Å². The molecule has 1 atom stereocenters. The van der Waals surface area contributed by atoms with E-state index in [9.17, 15) is 9.59 Å². The first-order chi connectivity index (χ1) is 14.2. The van der Waals surface area contributed by atoms with Crippen molar-refractivity contribution >= 4 is 11.8 Å². The number of Topliss-reactive ketones (excluding diaryl/α,β-unsaturated/α-hetero) is 1. The van der Waals surface area contributed by atoms with Gasteiger partial charge in [0.15, 0.2) is 17.3 Å². The van der Waals surface area contributed by atoms with E-state index in [0.29, 0.717) is 41.4 Å². The standard InChI is InChI=1S/C24H31NO5/c1-7-10-30-18-9-8-15(11-19(18)28-5)21-20(23(27)29-6)14(2)25-16-12-24(3,4)13-17(26)22(16)21/h8-9,11,21,25H,7,10,12-13H2,1-6H3/t21-/m0/s1. The number of hydrogen-bond donors (Lipinski definition) is 1. The maximum absolute atomic E-state index is 13.2. The van der Waals surface area contributed by atoms with Crippen LogP contribution < -0.4 is 14.8 Å². The van der Waals surface area contributed by atoms with E-state index in [0.717, 1.165) is 24.1 Å². The number of methoxy groups -OCH3 is 2. The molecule has 3 rings (SSSR count). The van der Waals surface area contributed by atoms with E-state index in [1.165, 1.54) is 7.11 Å². The lowest BCUT2D eigenvalue weighted by Gasteiger charge is -2.39. The van der Waals surface area contributed by atoms with Crippen LogP contribution in [0.3, 0.4) is 0 Å². The van der Waals surface area contributed by atoms with Gasteiger partial charge in [-0.15, -0.1) is 0 Å². The third-order valence-corrected chi connectivity index (χ3v) is 5.63. The number of carbonyl (C=O) groups excluding carboxylic acids is 2. The fraction of sp³-hybridized carbons (Fsp3) is 0.500. The second kappa shape index (κ2) is 8.54. The summed E-state index contributed by atoms with van der Waals surface area (Å²) in [4.78, 5) is 25.9. The van der Waals surface area contributed by atoms with Crippen LogP contribution in [-0.2, 0) is 14.3 Å². The van der Waals surface area contributed by atoms with Gasteiger partial charge in [-0.3, -0.25) is 4.79 Å². The zero-order valence-electron chi connectivity index (χ0n) is 18.7. The highest BCUT2D eigenvalue weighted by Gasteiger charge is 2.43. The lowest BCUT2D eigenvalue weighted by Crippen LogP contribution is -2.38. The molecule has 1 aromatic rings. The molecule has 162 valence electrons. The number of allylic oxidation sites excluding steroid dienone is 3. The molecule has 0 amide bonds. The van der Waals surface area contributed by atoms with Gasteiger partial charge >= 0.3 is 5.97 Å². The molecule has 0 saturated carbocycles. The van der Waals surface area contributed by atoms with Crippen LogP contribution in [0.2, 0.25) is 0 Å². The van der Waals surface area contributed by atoms with E-state index in [4.69, 9.17) is 14.2 Å². The average molecular weight is 414 g/mol. The molecule has 1 aromatic carbocycles. The van der Waals surface area contributed by atoms with Gasteiger partial charge in [0.25, 0.3) is 0 Å². The molecule has 0 radical (unpaired) electrons. The third-order valence-electron chi connectivity index (χ3n) is 5.63. The Hall–Kier alpha value is -2.76. The summed E-state index contributed by atoms with van der Waals surface area (Å²) in [7, 11) is 2.94. The van der Waals surface area contributed by atoms with E-state index >= 15 is 0 Å². The molecule has 0 spiro atoms. The summed E-state index contributed by atoms with van der Waals surface area (Å²) in [5.41, 5.74) is 3.36. The van der Waals surface area contributed by atoms with Crippen LogP contribution in [0.4, 0.5) is 0 Å². The Labute approximate surface area is 178 Å². The van der Waals surface area contributed by atoms with Crippen LogP contribution >= 0.6 is 0 Å². The Morgan fingerprint density at radius 2 is 1.93 bits per heavy atom.